The molecule has 112 valence electrons. The van der Waals surface area contributed by atoms with Crippen LogP contribution in [-0.2, 0) is 0 Å². The SMILES string of the molecule is CCNC(c1ccc(SC)cc1)c1c(C)cc(F)cc1C. The molecule has 1 nitrogen and oxygen atoms in total. The van der Waals surface area contributed by atoms with Gasteiger partial charge in [-0.1, -0.05) is 19.1 Å². The first-order chi connectivity index (χ1) is 10.1. The molecule has 0 fully saturated rings. The molecule has 1 atom stereocenters. The summed E-state index contributed by atoms with van der Waals surface area (Å²) in [7, 11) is 0. The summed E-state index contributed by atoms with van der Waals surface area (Å²) < 4.78 is 13.5. The van der Waals surface area contributed by atoms with Crippen molar-refractivity contribution in [1.82, 2.24) is 5.32 Å². The molecule has 0 saturated carbocycles. The van der Waals surface area contributed by atoms with Gasteiger partial charge in [-0.15, -0.1) is 11.8 Å². The first-order valence-electron chi connectivity index (χ1n) is 7.20. The Labute approximate surface area is 131 Å². The van der Waals surface area contributed by atoms with Crippen LogP contribution in [0.1, 0.15) is 35.2 Å². The molecule has 1 N–H and O–H groups in total. The normalized spacial score (nSPS) is 12.4. The first kappa shape index (κ1) is 16.1. The fraction of sp³-hybridized carbons (Fsp3) is 0.333. The second kappa shape index (κ2) is 7.10. The quantitative estimate of drug-likeness (QED) is 0.791. The van der Waals surface area contributed by atoms with E-state index in [2.05, 4.69) is 42.8 Å². The van der Waals surface area contributed by atoms with Crippen LogP contribution in [0.15, 0.2) is 41.3 Å². The molecular weight excluding hydrogens is 281 g/mol. The minimum Gasteiger partial charge on any atom is -0.307 e. The van der Waals surface area contributed by atoms with Crippen molar-refractivity contribution in [3.05, 3.63) is 64.5 Å². The molecule has 0 radical (unpaired) electrons. The maximum atomic E-state index is 13.5. The maximum Gasteiger partial charge on any atom is 0.123 e. The second-order valence-electron chi connectivity index (χ2n) is 5.22. The van der Waals surface area contributed by atoms with Crippen LogP contribution in [0.5, 0.6) is 0 Å². The summed E-state index contributed by atoms with van der Waals surface area (Å²) in [6, 6.07) is 11.9. The van der Waals surface area contributed by atoms with E-state index in [9.17, 15) is 4.39 Å². The zero-order chi connectivity index (χ0) is 15.4. The lowest BCUT2D eigenvalue weighted by atomic mass is 9.91. The highest BCUT2D eigenvalue weighted by atomic mass is 32.2. The van der Waals surface area contributed by atoms with Gasteiger partial charge in [-0.25, -0.2) is 4.39 Å². The Morgan fingerprint density at radius 2 is 1.67 bits per heavy atom. The third kappa shape index (κ3) is 3.66. The number of hydrogen-bond acceptors (Lipinski definition) is 2. The number of nitrogens with one attached hydrogen (secondary N) is 1. The van der Waals surface area contributed by atoms with Crippen molar-refractivity contribution in [3.8, 4) is 0 Å². The van der Waals surface area contributed by atoms with Crippen LogP contribution in [-0.4, -0.2) is 12.8 Å². The van der Waals surface area contributed by atoms with Gasteiger partial charge in [0.25, 0.3) is 0 Å². The van der Waals surface area contributed by atoms with Gasteiger partial charge in [0.05, 0.1) is 6.04 Å². The molecule has 0 bridgehead atoms. The highest BCUT2D eigenvalue weighted by molar-refractivity contribution is 7.98. The molecule has 0 aliphatic rings. The highest BCUT2D eigenvalue weighted by Gasteiger charge is 2.18. The standard InChI is InChI=1S/C18H22FNS/c1-5-20-18(14-6-8-16(21-4)9-7-14)17-12(2)10-15(19)11-13(17)3/h6-11,18,20H,5H2,1-4H3. The summed E-state index contributed by atoms with van der Waals surface area (Å²) in [5, 5.41) is 3.52. The molecular formula is C18H22FNS. The van der Waals surface area contributed by atoms with Gasteiger partial charge >= 0.3 is 0 Å². The van der Waals surface area contributed by atoms with Gasteiger partial charge in [0, 0.05) is 4.90 Å². The topological polar surface area (TPSA) is 12.0 Å². The Kier molecular flexibility index (Phi) is 5.43. The summed E-state index contributed by atoms with van der Waals surface area (Å²) in [4.78, 5) is 1.25. The third-order valence-corrected chi connectivity index (χ3v) is 4.45. The summed E-state index contributed by atoms with van der Waals surface area (Å²) in [5.41, 5.74) is 4.38. The van der Waals surface area contributed by atoms with Crippen LogP contribution < -0.4 is 5.32 Å². The molecule has 0 aromatic heterocycles. The van der Waals surface area contributed by atoms with Crippen LogP contribution >= 0.6 is 11.8 Å². The van der Waals surface area contributed by atoms with Crippen molar-refractivity contribution in [2.24, 2.45) is 0 Å². The molecule has 1 unspecified atom stereocenters. The van der Waals surface area contributed by atoms with E-state index in [1.807, 2.05) is 13.8 Å². The van der Waals surface area contributed by atoms with Gasteiger partial charge in [-0.3, -0.25) is 0 Å². The van der Waals surface area contributed by atoms with Crippen LogP contribution in [0.2, 0.25) is 0 Å². The summed E-state index contributed by atoms with van der Waals surface area (Å²) >= 11 is 1.74. The Hall–Kier alpha value is -1.32. The van der Waals surface area contributed by atoms with E-state index in [-0.39, 0.29) is 11.9 Å². The Morgan fingerprint density at radius 3 is 2.14 bits per heavy atom. The van der Waals surface area contributed by atoms with Gasteiger partial charge in [-0.2, -0.15) is 0 Å². The monoisotopic (exact) mass is 303 g/mol. The van der Waals surface area contributed by atoms with Crippen molar-refractivity contribution >= 4 is 11.8 Å². The van der Waals surface area contributed by atoms with Crippen LogP contribution in [0, 0.1) is 19.7 Å². The van der Waals surface area contributed by atoms with Crippen molar-refractivity contribution < 1.29 is 4.39 Å². The maximum absolute atomic E-state index is 13.5. The van der Waals surface area contributed by atoms with E-state index in [1.54, 1.807) is 23.9 Å². The zero-order valence-electron chi connectivity index (χ0n) is 13.0. The molecule has 2 rings (SSSR count). The van der Waals surface area contributed by atoms with Crippen LogP contribution in [0.4, 0.5) is 4.39 Å². The third-order valence-electron chi connectivity index (χ3n) is 3.70. The molecule has 0 amide bonds. The Morgan fingerprint density at radius 1 is 1.10 bits per heavy atom. The summed E-state index contributed by atoms with van der Waals surface area (Å²) in [6.45, 7) is 6.92. The predicted molar refractivity (Wildman–Crippen MR) is 89.6 cm³/mol. The van der Waals surface area contributed by atoms with Gasteiger partial charge in [-0.05, 0) is 73.2 Å². The van der Waals surface area contributed by atoms with E-state index in [4.69, 9.17) is 0 Å². The van der Waals surface area contributed by atoms with Crippen molar-refractivity contribution in [2.75, 3.05) is 12.8 Å². The van der Waals surface area contributed by atoms with E-state index in [0.29, 0.717) is 0 Å². The molecule has 3 heteroatoms. The number of hydrogen-bond donors (Lipinski definition) is 1. The molecule has 0 spiro atoms. The highest BCUT2D eigenvalue weighted by Crippen LogP contribution is 2.29. The van der Waals surface area contributed by atoms with Gasteiger partial charge in [0.1, 0.15) is 5.82 Å². The Bertz CT molecular complexity index is 584. The molecule has 2 aromatic rings. The predicted octanol–water partition coefficient (Wildman–Crippen LogP) is 4.86. The van der Waals surface area contributed by atoms with Gasteiger partial charge < -0.3 is 5.32 Å². The number of aryl methyl sites for hydroxylation is 2. The van der Waals surface area contributed by atoms with Crippen molar-refractivity contribution in [3.63, 3.8) is 0 Å². The number of thioether (sulfide) groups is 1. The minimum atomic E-state index is -0.165. The number of rotatable bonds is 5. The summed E-state index contributed by atoms with van der Waals surface area (Å²) in [5.74, 6) is -0.165. The average Bonchev–Trinajstić information content (AvgIpc) is 2.45. The number of halogens is 1. The minimum absolute atomic E-state index is 0.103. The molecule has 0 aliphatic carbocycles. The van der Waals surface area contributed by atoms with Crippen molar-refractivity contribution in [1.29, 1.82) is 0 Å². The molecule has 0 heterocycles. The van der Waals surface area contributed by atoms with E-state index < -0.39 is 0 Å². The summed E-state index contributed by atoms with van der Waals surface area (Å²) in [6.07, 6.45) is 2.07. The lowest BCUT2D eigenvalue weighted by molar-refractivity contribution is 0.606. The molecule has 2 aromatic carbocycles. The van der Waals surface area contributed by atoms with Crippen LogP contribution in [0.25, 0.3) is 0 Å². The van der Waals surface area contributed by atoms with Gasteiger partial charge in [0.2, 0.25) is 0 Å². The van der Waals surface area contributed by atoms with E-state index in [1.165, 1.54) is 16.0 Å². The Balaban J connectivity index is 2.47. The average molecular weight is 303 g/mol. The smallest absolute Gasteiger partial charge is 0.123 e. The van der Waals surface area contributed by atoms with Gasteiger partial charge in [0.15, 0.2) is 0 Å². The van der Waals surface area contributed by atoms with E-state index >= 15 is 0 Å². The molecule has 0 aliphatic heterocycles. The molecule has 0 saturated heterocycles. The number of benzene rings is 2. The fourth-order valence-corrected chi connectivity index (χ4v) is 3.17. The van der Waals surface area contributed by atoms with Crippen molar-refractivity contribution in [2.45, 2.75) is 31.7 Å². The fourth-order valence-electron chi connectivity index (χ4n) is 2.76. The first-order valence-corrected chi connectivity index (χ1v) is 8.43. The van der Waals surface area contributed by atoms with Crippen LogP contribution in [0.3, 0.4) is 0 Å². The largest absolute Gasteiger partial charge is 0.307 e. The molecule has 21 heavy (non-hydrogen) atoms. The lowest BCUT2D eigenvalue weighted by Crippen LogP contribution is -2.23. The van der Waals surface area contributed by atoms with E-state index in [0.717, 1.165) is 17.7 Å². The second-order valence-corrected chi connectivity index (χ2v) is 6.10. The lowest BCUT2D eigenvalue weighted by Gasteiger charge is -2.23. The zero-order valence-corrected chi connectivity index (χ0v) is 13.9.